The molecule has 0 bridgehead atoms. The highest BCUT2D eigenvalue weighted by atomic mass is 16.5. The first kappa shape index (κ1) is 24.2. The number of aryl methyl sites for hydroxylation is 1. The van der Waals surface area contributed by atoms with Crippen molar-refractivity contribution in [2.45, 2.75) is 31.9 Å². The van der Waals surface area contributed by atoms with Crippen LogP contribution >= 0.6 is 0 Å². The van der Waals surface area contributed by atoms with Gasteiger partial charge in [-0.15, -0.1) is 0 Å². The summed E-state index contributed by atoms with van der Waals surface area (Å²) < 4.78 is 10.8. The van der Waals surface area contributed by atoms with E-state index < -0.39 is 17.9 Å². The fourth-order valence-corrected chi connectivity index (χ4v) is 4.05. The Hall–Kier alpha value is -3.91. The summed E-state index contributed by atoms with van der Waals surface area (Å²) in [5.74, 6) is -1.16. The van der Waals surface area contributed by atoms with Crippen molar-refractivity contribution < 1.29 is 23.5 Å². The Kier molecular flexibility index (Phi) is 7.95. The van der Waals surface area contributed by atoms with Crippen LogP contribution in [0.25, 0.3) is 0 Å². The lowest BCUT2D eigenvalue weighted by atomic mass is 10.0. The minimum Gasteiger partial charge on any atom is -0.459 e. The summed E-state index contributed by atoms with van der Waals surface area (Å²) in [5.41, 5.74) is 2.23. The van der Waals surface area contributed by atoms with Crippen LogP contribution in [0, 0.1) is 6.92 Å². The quantitative estimate of drug-likeness (QED) is 0.494. The van der Waals surface area contributed by atoms with Crippen molar-refractivity contribution >= 4 is 23.4 Å². The maximum Gasteiger partial charge on any atom is 0.287 e. The summed E-state index contributed by atoms with van der Waals surface area (Å²) in [6, 6.07) is 18.7. The van der Waals surface area contributed by atoms with Gasteiger partial charge in [-0.2, -0.15) is 0 Å². The highest BCUT2D eigenvalue weighted by Crippen LogP contribution is 2.28. The van der Waals surface area contributed by atoms with Crippen molar-refractivity contribution in [3.05, 3.63) is 89.9 Å². The maximum absolute atomic E-state index is 13.6. The molecule has 0 spiro atoms. The number of hydrogen-bond donors (Lipinski definition) is 2. The molecule has 35 heavy (non-hydrogen) atoms. The third kappa shape index (κ3) is 6.16. The Morgan fingerprint density at radius 2 is 1.77 bits per heavy atom. The van der Waals surface area contributed by atoms with E-state index >= 15 is 0 Å². The zero-order valence-electron chi connectivity index (χ0n) is 19.6. The van der Waals surface area contributed by atoms with Gasteiger partial charge in [0.1, 0.15) is 6.04 Å². The smallest absolute Gasteiger partial charge is 0.287 e. The van der Waals surface area contributed by atoms with Gasteiger partial charge >= 0.3 is 0 Å². The van der Waals surface area contributed by atoms with Gasteiger partial charge in [-0.05, 0) is 49.6 Å². The molecule has 0 unspecified atom stereocenters. The van der Waals surface area contributed by atoms with Crippen LogP contribution in [0.3, 0.4) is 0 Å². The van der Waals surface area contributed by atoms with Gasteiger partial charge < -0.3 is 19.8 Å². The second-order valence-corrected chi connectivity index (χ2v) is 8.45. The highest BCUT2D eigenvalue weighted by molar-refractivity contribution is 6.04. The number of hydrogen-bond acceptors (Lipinski definition) is 5. The monoisotopic (exact) mass is 475 g/mol. The van der Waals surface area contributed by atoms with Crippen molar-refractivity contribution in [3.8, 4) is 0 Å². The number of ether oxygens (including phenoxy) is 1. The second-order valence-electron chi connectivity index (χ2n) is 8.45. The first-order chi connectivity index (χ1) is 17.0. The van der Waals surface area contributed by atoms with Gasteiger partial charge in [-0.25, -0.2) is 0 Å². The number of anilines is 1. The van der Waals surface area contributed by atoms with E-state index in [1.54, 1.807) is 18.2 Å². The van der Waals surface area contributed by atoms with Crippen molar-refractivity contribution in [3.63, 3.8) is 0 Å². The molecule has 2 N–H and O–H groups in total. The Morgan fingerprint density at radius 3 is 2.43 bits per heavy atom. The fraction of sp³-hybridized carbons (Fsp3) is 0.296. The first-order valence-corrected chi connectivity index (χ1v) is 11.7. The number of amides is 3. The van der Waals surface area contributed by atoms with E-state index in [4.69, 9.17) is 9.15 Å². The van der Waals surface area contributed by atoms with Crippen LogP contribution in [0.15, 0.2) is 77.4 Å². The Balaban J connectivity index is 1.62. The van der Waals surface area contributed by atoms with Gasteiger partial charge in [0.25, 0.3) is 5.91 Å². The molecule has 1 aliphatic rings. The molecule has 8 nitrogen and oxygen atoms in total. The van der Waals surface area contributed by atoms with Crippen molar-refractivity contribution in [2.24, 2.45) is 0 Å². The third-order valence-corrected chi connectivity index (χ3v) is 5.88. The fourth-order valence-electron chi connectivity index (χ4n) is 4.05. The van der Waals surface area contributed by atoms with E-state index in [1.165, 1.54) is 17.2 Å². The van der Waals surface area contributed by atoms with Crippen LogP contribution in [0.5, 0.6) is 0 Å². The zero-order chi connectivity index (χ0) is 24.6. The SMILES string of the molecule is Cc1ccc(N(C(=O)CNC(=O)c2ccco2)[C@@H](C(=O)NC[C@H]2CCCO2)c2ccccc2)cc1. The average Bonchev–Trinajstić information content (AvgIpc) is 3.60. The summed E-state index contributed by atoms with van der Waals surface area (Å²) in [7, 11) is 0. The Labute approximate surface area is 204 Å². The molecule has 4 rings (SSSR count). The molecule has 1 fully saturated rings. The number of nitrogens with one attached hydrogen (secondary N) is 2. The molecule has 1 aromatic heterocycles. The number of benzene rings is 2. The third-order valence-electron chi connectivity index (χ3n) is 5.88. The van der Waals surface area contributed by atoms with Gasteiger partial charge in [-0.1, -0.05) is 48.0 Å². The molecular weight excluding hydrogens is 446 g/mol. The van der Waals surface area contributed by atoms with Crippen LogP contribution in [0.1, 0.15) is 40.6 Å². The Morgan fingerprint density at radius 1 is 1.00 bits per heavy atom. The van der Waals surface area contributed by atoms with Gasteiger partial charge in [-0.3, -0.25) is 19.3 Å². The topological polar surface area (TPSA) is 101 Å². The molecule has 1 saturated heterocycles. The lowest BCUT2D eigenvalue weighted by Gasteiger charge is -2.32. The average molecular weight is 476 g/mol. The van der Waals surface area contributed by atoms with Gasteiger partial charge in [0.2, 0.25) is 11.8 Å². The van der Waals surface area contributed by atoms with Crippen LogP contribution in [-0.4, -0.2) is 43.5 Å². The molecule has 0 aliphatic carbocycles. The molecule has 0 radical (unpaired) electrons. The van der Waals surface area contributed by atoms with Crippen LogP contribution in [0.4, 0.5) is 5.69 Å². The predicted octanol–water partition coefficient (Wildman–Crippen LogP) is 3.39. The molecule has 1 aliphatic heterocycles. The van der Waals surface area contributed by atoms with Gasteiger partial charge in [0.15, 0.2) is 5.76 Å². The van der Waals surface area contributed by atoms with Crippen molar-refractivity contribution in [1.82, 2.24) is 10.6 Å². The van der Waals surface area contributed by atoms with E-state index in [0.717, 1.165) is 18.4 Å². The number of rotatable bonds is 9. The summed E-state index contributed by atoms with van der Waals surface area (Å²) in [6.07, 6.45) is 3.20. The van der Waals surface area contributed by atoms with E-state index in [2.05, 4.69) is 10.6 Å². The lowest BCUT2D eigenvalue weighted by molar-refractivity contribution is -0.126. The number of carbonyl (C=O) groups is 3. The summed E-state index contributed by atoms with van der Waals surface area (Å²) in [6.45, 7) is 2.69. The first-order valence-electron chi connectivity index (χ1n) is 11.7. The van der Waals surface area contributed by atoms with Gasteiger partial charge in [0, 0.05) is 18.8 Å². The molecule has 2 heterocycles. The normalized spacial score (nSPS) is 15.9. The maximum atomic E-state index is 13.6. The molecule has 8 heteroatoms. The molecule has 2 atom stereocenters. The number of furan rings is 1. The van der Waals surface area contributed by atoms with Crippen LogP contribution in [-0.2, 0) is 14.3 Å². The molecular formula is C27H29N3O5. The van der Waals surface area contributed by atoms with Gasteiger partial charge in [0.05, 0.1) is 18.9 Å². The van der Waals surface area contributed by atoms with E-state index in [0.29, 0.717) is 24.4 Å². The molecule has 0 saturated carbocycles. The molecule has 3 aromatic rings. The minimum absolute atomic E-state index is 0.0357. The second kappa shape index (κ2) is 11.5. The summed E-state index contributed by atoms with van der Waals surface area (Å²) in [4.78, 5) is 40.9. The van der Waals surface area contributed by atoms with E-state index in [1.807, 2.05) is 49.4 Å². The standard InChI is InChI=1S/C27H29N3O5/c1-19-11-13-21(14-12-19)30(24(31)18-29-26(32)23-10-6-16-35-23)25(20-7-3-2-4-8-20)27(33)28-17-22-9-5-15-34-22/h2-4,6-8,10-14,16,22,25H,5,9,15,17-18H2,1H3,(H,28,33)(H,29,32)/t22-,25-/m1/s1. The zero-order valence-corrected chi connectivity index (χ0v) is 19.6. The number of carbonyl (C=O) groups excluding carboxylic acids is 3. The van der Waals surface area contributed by atoms with E-state index in [9.17, 15) is 14.4 Å². The highest BCUT2D eigenvalue weighted by Gasteiger charge is 2.33. The van der Waals surface area contributed by atoms with E-state index in [-0.39, 0.29) is 24.3 Å². The molecule has 3 amide bonds. The van der Waals surface area contributed by atoms with Crippen molar-refractivity contribution in [1.29, 1.82) is 0 Å². The minimum atomic E-state index is -0.937. The predicted molar refractivity (Wildman–Crippen MR) is 131 cm³/mol. The Bertz CT molecular complexity index is 1120. The summed E-state index contributed by atoms with van der Waals surface area (Å²) >= 11 is 0. The number of nitrogens with zero attached hydrogens (tertiary/aromatic N) is 1. The lowest BCUT2D eigenvalue weighted by Crippen LogP contribution is -2.48. The largest absolute Gasteiger partial charge is 0.459 e. The van der Waals surface area contributed by atoms with Crippen LogP contribution in [0.2, 0.25) is 0 Å². The molecule has 2 aromatic carbocycles. The molecule has 182 valence electrons. The van der Waals surface area contributed by atoms with Crippen LogP contribution < -0.4 is 15.5 Å². The summed E-state index contributed by atoms with van der Waals surface area (Å²) in [5, 5.41) is 5.56. The van der Waals surface area contributed by atoms with Crippen molar-refractivity contribution in [2.75, 3.05) is 24.6 Å².